The molecule has 1 saturated carbocycles. The van der Waals surface area contributed by atoms with Crippen LogP contribution < -0.4 is 10.2 Å². The minimum atomic E-state index is -2.65. The molecule has 278 valence electrons. The van der Waals surface area contributed by atoms with Crippen molar-refractivity contribution in [2.75, 3.05) is 44.2 Å². The third-order valence-corrected chi connectivity index (χ3v) is 13.0. The molecule has 53 heavy (non-hydrogen) atoms. The van der Waals surface area contributed by atoms with E-state index in [9.17, 15) is 23.2 Å². The van der Waals surface area contributed by atoms with E-state index in [0.717, 1.165) is 72.6 Å². The summed E-state index contributed by atoms with van der Waals surface area (Å²) in [6, 6.07) is 12.9. The smallest absolute Gasteiger partial charge is 0.258 e. The van der Waals surface area contributed by atoms with E-state index in [4.69, 9.17) is 0 Å². The van der Waals surface area contributed by atoms with Gasteiger partial charge in [0.2, 0.25) is 11.8 Å². The summed E-state index contributed by atoms with van der Waals surface area (Å²) in [4.78, 5) is 47.5. The lowest BCUT2D eigenvalue weighted by molar-refractivity contribution is -0.134. The fourth-order valence-corrected chi connectivity index (χ4v) is 9.54. The molecule has 1 unspecified atom stereocenters. The van der Waals surface area contributed by atoms with Crippen LogP contribution in [0.2, 0.25) is 0 Å². The van der Waals surface area contributed by atoms with Crippen molar-refractivity contribution in [2.24, 2.45) is 17.3 Å². The molecule has 3 saturated heterocycles. The Morgan fingerprint density at radius 1 is 1.02 bits per heavy atom. The van der Waals surface area contributed by atoms with Crippen molar-refractivity contribution in [1.29, 1.82) is 0 Å². The third-order valence-electron chi connectivity index (χ3n) is 13.0. The topological polar surface area (TPSA) is 117 Å². The SMILES string of the molecule is C[C@@H]1CN(C(=O)c2ccc3cc(-c4n[nH]c5c4C[C@@H]4C(F)(F)[C@]4(C)C5)[nH]c3c2)CCN1CC1CCN(c2ccc(C3CCC(=O)NC3=O)c(F)c2)CC1. The number of aromatic amines is 2. The summed E-state index contributed by atoms with van der Waals surface area (Å²) in [5, 5.41) is 10.8. The van der Waals surface area contributed by atoms with Crippen LogP contribution in [0.5, 0.6) is 0 Å². The summed E-state index contributed by atoms with van der Waals surface area (Å²) in [5.41, 5.74) is 4.67. The van der Waals surface area contributed by atoms with Crippen LogP contribution in [0.3, 0.4) is 0 Å². The van der Waals surface area contributed by atoms with Gasteiger partial charge < -0.3 is 14.8 Å². The number of hydrogen-bond donors (Lipinski definition) is 3. The summed E-state index contributed by atoms with van der Waals surface area (Å²) < 4.78 is 44.1. The Hall–Kier alpha value is -4.65. The van der Waals surface area contributed by atoms with Gasteiger partial charge in [-0.05, 0) is 68.9 Å². The van der Waals surface area contributed by atoms with Crippen molar-refractivity contribution in [1.82, 2.24) is 30.3 Å². The monoisotopic (exact) mass is 727 g/mol. The molecule has 4 fully saturated rings. The Balaban J connectivity index is 0.789. The minimum absolute atomic E-state index is 0.00823. The van der Waals surface area contributed by atoms with Crippen LogP contribution in [0.15, 0.2) is 42.5 Å². The van der Waals surface area contributed by atoms with E-state index in [-0.39, 0.29) is 24.3 Å². The number of amides is 3. The number of aromatic nitrogens is 3. The molecule has 3 amide bonds. The number of H-pyrrole nitrogens is 2. The molecule has 5 aliphatic rings. The number of nitrogens with one attached hydrogen (secondary N) is 3. The third kappa shape index (κ3) is 5.73. The lowest BCUT2D eigenvalue weighted by Gasteiger charge is -2.43. The van der Waals surface area contributed by atoms with Crippen molar-refractivity contribution < 1.29 is 27.6 Å². The van der Waals surface area contributed by atoms with E-state index in [0.29, 0.717) is 55.1 Å². The van der Waals surface area contributed by atoms with E-state index in [2.05, 4.69) is 37.2 Å². The van der Waals surface area contributed by atoms with Gasteiger partial charge in [0.15, 0.2) is 0 Å². The summed E-state index contributed by atoms with van der Waals surface area (Å²) >= 11 is 0. The van der Waals surface area contributed by atoms with Crippen molar-refractivity contribution in [3.63, 3.8) is 0 Å². The molecule has 2 aromatic heterocycles. The number of alkyl halides is 2. The molecule has 3 N–H and O–H groups in total. The second-order valence-electron chi connectivity index (χ2n) is 16.2. The quantitative estimate of drug-likeness (QED) is 0.221. The summed E-state index contributed by atoms with van der Waals surface area (Å²) in [6.07, 6.45) is 3.10. The average molecular weight is 728 g/mol. The van der Waals surface area contributed by atoms with Gasteiger partial charge in [0, 0.05) is 108 Å². The van der Waals surface area contributed by atoms with Crippen molar-refractivity contribution >= 4 is 34.3 Å². The zero-order valence-electron chi connectivity index (χ0n) is 30.0. The van der Waals surface area contributed by atoms with Gasteiger partial charge in [-0.1, -0.05) is 19.1 Å². The lowest BCUT2D eigenvalue weighted by Crippen LogP contribution is -2.55. The lowest BCUT2D eigenvalue weighted by atomic mass is 9.87. The number of fused-ring (bicyclic) bond motifs is 3. The molecule has 0 spiro atoms. The second-order valence-corrected chi connectivity index (χ2v) is 16.2. The van der Waals surface area contributed by atoms with E-state index in [1.54, 1.807) is 13.0 Å². The number of halogens is 3. The zero-order chi connectivity index (χ0) is 36.8. The Bertz CT molecular complexity index is 2140. The molecule has 2 aliphatic carbocycles. The number of carbonyl (C=O) groups is 3. The van der Waals surface area contributed by atoms with Crippen molar-refractivity contribution in [3.8, 4) is 11.4 Å². The highest BCUT2D eigenvalue weighted by molar-refractivity contribution is 6.01. The van der Waals surface area contributed by atoms with Gasteiger partial charge in [0.25, 0.3) is 11.8 Å². The zero-order valence-corrected chi connectivity index (χ0v) is 30.0. The maximum atomic E-state index is 15.2. The highest BCUT2D eigenvalue weighted by Crippen LogP contribution is 2.70. The number of rotatable bonds is 6. The highest BCUT2D eigenvalue weighted by Gasteiger charge is 2.78. The Kier molecular flexibility index (Phi) is 8.03. The Labute approximate surface area is 305 Å². The minimum Gasteiger partial charge on any atom is -0.371 e. The van der Waals surface area contributed by atoms with E-state index < -0.39 is 34.9 Å². The number of piperazine rings is 1. The number of imide groups is 1. The van der Waals surface area contributed by atoms with Gasteiger partial charge in [-0.25, -0.2) is 13.2 Å². The maximum absolute atomic E-state index is 15.2. The van der Waals surface area contributed by atoms with Gasteiger partial charge >= 0.3 is 0 Å². The van der Waals surface area contributed by atoms with Crippen LogP contribution in [-0.2, 0) is 22.4 Å². The number of benzene rings is 2. The molecule has 5 heterocycles. The normalized spacial score (nSPS) is 27.5. The number of nitrogens with zero attached hydrogens (tertiary/aromatic N) is 4. The molecule has 9 rings (SSSR count). The fourth-order valence-electron chi connectivity index (χ4n) is 9.54. The molecule has 2 aromatic carbocycles. The molecular formula is C40H44F3N7O3. The predicted octanol–water partition coefficient (Wildman–Crippen LogP) is 5.65. The first-order valence-corrected chi connectivity index (χ1v) is 18.9. The first-order chi connectivity index (χ1) is 25.4. The number of hydrogen-bond acceptors (Lipinski definition) is 6. The maximum Gasteiger partial charge on any atom is 0.258 e. The summed E-state index contributed by atoms with van der Waals surface area (Å²) in [7, 11) is 0. The van der Waals surface area contributed by atoms with Crippen molar-refractivity contribution in [2.45, 2.75) is 70.3 Å². The molecule has 3 aliphatic heterocycles. The molecular weight excluding hydrogens is 683 g/mol. The molecule has 13 heteroatoms. The standard InChI is InChI=1S/C40H44F3N7O3/c1-22-20-50(14-13-49(22)21-23-9-11-48(12-10-23)26-5-6-27(30(41)17-26)28-7-8-35(51)45-37(28)52)38(53)25-4-3-24-15-32(44-31(24)16-25)36-29-18-34-39(2,40(34,42)43)19-33(29)46-47-36/h3-6,15-17,22-23,28,34,44H,7-14,18-21H2,1-2H3,(H,46,47)(H,45,51,52)/t22-,28?,34+,39-/m1/s1. The number of piperidine rings is 2. The molecule has 10 nitrogen and oxygen atoms in total. The van der Waals surface area contributed by atoms with Crippen LogP contribution in [-0.4, -0.2) is 93.9 Å². The van der Waals surface area contributed by atoms with Crippen LogP contribution in [0.1, 0.15) is 72.6 Å². The predicted molar refractivity (Wildman–Crippen MR) is 193 cm³/mol. The first-order valence-electron chi connectivity index (χ1n) is 18.9. The molecule has 0 bridgehead atoms. The van der Waals surface area contributed by atoms with Crippen LogP contribution in [0, 0.1) is 23.1 Å². The van der Waals surface area contributed by atoms with Gasteiger partial charge in [0.05, 0.1) is 11.6 Å². The fraction of sp³-hybridized carbons (Fsp3) is 0.500. The number of carbonyl (C=O) groups excluding carboxylic acids is 3. The van der Waals surface area contributed by atoms with Crippen LogP contribution in [0.25, 0.3) is 22.3 Å². The van der Waals surface area contributed by atoms with Crippen LogP contribution in [0.4, 0.5) is 18.9 Å². The summed E-state index contributed by atoms with van der Waals surface area (Å²) in [5.74, 6) is -4.61. The molecule has 0 radical (unpaired) electrons. The van der Waals surface area contributed by atoms with Crippen molar-refractivity contribution in [3.05, 3.63) is 70.7 Å². The highest BCUT2D eigenvalue weighted by atomic mass is 19.3. The van der Waals surface area contributed by atoms with E-state index >= 15 is 4.39 Å². The van der Waals surface area contributed by atoms with Gasteiger partial charge in [-0.15, -0.1) is 0 Å². The molecule has 4 aromatic rings. The average Bonchev–Trinajstić information content (AvgIpc) is 3.52. The Morgan fingerprint density at radius 3 is 2.58 bits per heavy atom. The van der Waals surface area contributed by atoms with Gasteiger partial charge in [0.1, 0.15) is 11.5 Å². The summed E-state index contributed by atoms with van der Waals surface area (Å²) in [6.45, 7) is 8.48. The largest absolute Gasteiger partial charge is 0.371 e. The number of anilines is 1. The van der Waals surface area contributed by atoms with E-state index in [1.165, 1.54) is 6.07 Å². The van der Waals surface area contributed by atoms with Gasteiger partial charge in [-0.3, -0.25) is 29.7 Å². The second kappa shape index (κ2) is 12.5. The first kappa shape index (κ1) is 34.1. The Morgan fingerprint density at radius 2 is 1.83 bits per heavy atom. The van der Waals surface area contributed by atoms with Gasteiger partial charge in [-0.2, -0.15) is 5.10 Å². The van der Waals surface area contributed by atoms with Crippen LogP contribution >= 0.6 is 0 Å². The molecule has 4 atom stereocenters. The van der Waals surface area contributed by atoms with E-state index in [1.807, 2.05) is 35.2 Å².